The van der Waals surface area contributed by atoms with E-state index < -0.39 is 0 Å². The molecule has 4 heterocycles. The van der Waals surface area contributed by atoms with E-state index in [1.807, 2.05) is 12.1 Å². The molecule has 26 heavy (non-hydrogen) atoms. The molecule has 2 bridgehead atoms. The Morgan fingerprint density at radius 1 is 1.08 bits per heavy atom. The van der Waals surface area contributed by atoms with Gasteiger partial charge in [-0.3, -0.25) is 9.80 Å². The van der Waals surface area contributed by atoms with Gasteiger partial charge in [0.25, 0.3) is 5.88 Å². The van der Waals surface area contributed by atoms with Crippen molar-refractivity contribution in [2.75, 3.05) is 26.2 Å². The molecule has 2 aromatic rings. The van der Waals surface area contributed by atoms with Crippen molar-refractivity contribution >= 4 is 0 Å². The van der Waals surface area contributed by atoms with Gasteiger partial charge in [-0.15, -0.1) is 0 Å². The van der Waals surface area contributed by atoms with Crippen LogP contribution in [0.4, 0.5) is 0 Å². The third-order valence-corrected chi connectivity index (χ3v) is 5.99. The van der Waals surface area contributed by atoms with Crippen LogP contribution in [0.3, 0.4) is 0 Å². The molecular weight excluding hydrogens is 326 g/mol. The lowest BCUT2D eigenvalue weighted by molar-refractivity contribution is 0.0850. The van der Waals surface area contributed by atoms with Gasteiger partial charge in [-0.25, -0.2) is 4.98 Å². The molecule has 136 valence electrons. The van der Waals surface area contributed by atoms with Crippen LogP contribution in [0.1, 0.15) is 30.6 Å². The molecule has 3 aliphatic rings. The Morgan fingerprint density at radius 3 is 2.65 bits per heavy atom. The van der Waals surface area contributed by atoms with E-state index in [9.17, 15) is 0 Å². The van der Waals surface area contributed by atoms with Crippen molar-refractivity contribution in [1.82, 2.24) is 14.8 Å². The summed E-state index contributed by atoms with van der Waals surface area (Å²) >= 11 is 0. The van der Waals surface area contributed by atoms with Crippen LogP contribution in [0.2, 0.25) is 0 Å². The fourth-order valence-corrected chi connectivity index (χ4v) is 4.56. The van der Waals surface area contributed by atoms with Crippen LogP contribution in [0.15, 0.2) is 42.6 Å². The van der Waals surface area contributed by atoms with Gasteiger partial charge >= 0.3 is 0 Å². The Morgan fingerprint density at radius 2 is 1.88 bits per heavy atom. The number of nitrogens with zero attached hydrogens (tertiary/aromatic N) is 3. The number of likely N-dealkylation sites (tertiary alicyclic amines) is 2. The number of pyridine rings is 1. The van der Waals surface area contributed by atoms with Crippen LogP contribution in [-0.2, 0) is 6.54 Å². The molecule has 0 radical (unpaired) electrons. The normalized spacial score (nSPS) is 27.8. The minimum atomic E-state index is -0.0904. The number of piperazine rings is 1. The zero-order chi connectivity index (χ0) is 17.5. The lowest BCUT2D eigenvalue weighted by Crippen LogP contribution is -2.45. The number of ether oxygens (including phenoxy) is 2. The topological polar surface area (TPSA) is 37.8 Å². The average molecular weight is 351 g/mol. The molecule has 1 aromatic carbocycles. The van der Waals surface area contributed by atoms with Crippen LogP contribution in [-0.4, -0.2) is 53.1 Å². The molecule has 5 heteroatoms. The Labute approximate surface area is 154 Å². The van der Waals surface area contributed by atoms with Crippen molar-refractivity contribution in [3.05, 3.63) is 53.7 Å². The first-order valence-electron chi connectivity index (χ1n) is 9.61. The van der Waals surface area contributed by atoms with Crippen LogP contribution >= 0.6 is 0 Å². The Balaban J connectivity index is 1.23. The lowest BCUT2D eigenvalue weighted by atomic mass is 10.1. The van der Waals surface area contributed by atoms with Gasteiger partial charge in [-0.05, 0) is 36.2 Å². The van der Waals surface area contributed by atoms with Crippen molar-refractivity contribution < 1.29 is 9.47 Å². The van der Waals surface area contributed by atoms with E-state index in [0.29, 0.717) is 12.5 Å². The van der Waals surface area contributed by atoms with Crippen LogP contribution < -0.4 is 9.47 Å². The largest absolute Gasteiger partial charge is 0.484 e. The van der Waals surface area contributed by atoms with Crippen molar-refractivity contribution in [3.8, 4) is 11.6 Å². The Bertz CT molecular complexity index is 779. The maximum Gasteiger partial charge on any atom is 0.257 e. The molecule has 0 aliphatic carbocycles. The molecule has 0 amide bonds. The molecule has 5 rings (SSSR count). The summed E-state index contributed by atoms with van der Waals surface area (Å²) in [7, 11) is 0. The number of hydrogen-bond acceptors (Lipinski definition) is 5. The fourth-order valence-electron chi connectivity index (χ4n) is 4.56. The van der Waals surface area contributed by atoms with Crippen molar-refractivity contribution in [2.45, 2.75) is 38.1 Å². The van der Waals surface area contributed by atoms with E-state index >= 15 is 0 Å². The zero-order valence-electron chi connectivity index (χ0n) is 15.2. The minimum Gasteiger partial charge on any atom is -0.484 e. The molecular formula is C21H25N3O2. The summed E-state index contributed by atoms with van der Waals surface area (Å²) in [6.45, 7) is 7.48. The highest BCUT2D eigenvalue weighted by molar-refractivity contribution is 5.36. The van der Waals surface area contributed by atoms with E-state index in [4.69, 9.17) is 9.47 Å². The predicted octanol–water partition coefficient (Wildman–Crippen LogP) is 2.87. The molecule has 5 nitrogen and oxygen atoms in total. The molecule has 2 saturated heterocycles. The first-order valence-corrected chi connectivity index (χ1v) is 9.61. The molecule has 0 spiro atoms. The standard InChI is InChI=1S/C21H25N3O2/c1-2-23-12-18-10-17(23)13-24(18)11-15-5-7-16(8-6-15)20-14-25-19-4-3-9-22-21(19)26-20/h3-9,17-18,20H,2,10-14H2,1H3. The average Bonchev–Trinajstić information content (AvgIpc) is 3.28. The SMILES string of the molecule is CCN1CC2CC1CN2Cc1ccc(C2COc3cccnc3O2)cc1. The summed E-state index contributed by atoms with van der Waals surface area (Å²) in [5, 5.41) is 0. The van der Waals surface area contributed by atoms with E-state index in [1.165, 1.54) is 31.6 Å². The molecule has 3 aliphatic heterocycles. The summed E-state index contributed by atoms with van der Waals surface area (Å²) < 4.78 is 11.8. The highest BCUT2D eigenvalue weighted by Gasteiger charge is 2.42. The predicted molar refractivity (Wildman–Crippen MR) is 99.4 cm³/mol. The number of fused-ring (bicyclic) bond motifs is 3. The van der Waals surface area contributed by atoms with Gasteiger partial charge in [-0.1, -0.05) is 31.2 Å². The van der Waals surface area contributed by atoms with Gasteiger partial charge in [0.15, 0.2) is 11.9 Å². The molecule has 2 fully saturated rings. The van der Waals surface area contributed by atoms with E-state index in [2.05, 4.69) is 46.0 Å². The number of hydrogen-bond donors (Lipinski definition) is 0. The first kappa shape index (κ1) is 16.1. The van der Waals surface area contributed by atoms with E-state index in [1.54, 1.807) is 6.20 Å². The smallest absolute Gasteiger partial charge is 0.257 e. The van der Waals surface area contributed by atoms with Crippen LogP contribution in [0.25, 0.3) is 0 Å². The Hall–Kier alpha value is -2.11. The summed E-state index contributed by atoms with van der Waals surface area (Å²) in [4.78, 5) is 9.52. The number of likely N-dealkylation sites (N-methyl/N-ethyl adjacent to an activating group) is 1. The van der Waals surface area contributed by atoms with Crippen molar-refractivity contribution in [2.24, 2.45) is 0 Å². The summed E-state index contributed by atoms with van der Waals surface area (Å²) in [6.07, 6.45) is 2.98. The monoisotopic (exact) mass is 351 g/mol. The fraction of sp³-hybridized carbons (Fsp3) is 0.476. The van der Waals surface area contributed by atoms with Crippen LogP contribution in [0.5, 0.6) is 11.6 Å². The second kappa shape index (κ2) is 6.56. The van der Waals surface area contributed by atoms with Crippen molar-refractivity contribution in [1.29, 1.82) is 0 Å². The van der Waals surface area contributed by atoms with Gasteiger partial charge in [0.05, 0.1) is 0 Å². The molecule has 1 aromatic heterocycles. The zero-order valence-corrected chi connectivity index (χ0v) is 15.2. The summed E-state index contributed by atoms with van der Waals surface area (Å²) in [5.74, 6) is 1.31. The van der Waals surface area contributed by atoms with Crippen molar-refractivity contribution in [3.63, 3.8) is 0 Å². The maximum atomic E-state index is 6.00. The highest BCUT2D eigenvalue weighted by atomic mass is 16.6. The number of aromatic nitrogens is 1. The third-order valence-electron chi connectivity index (χ3n) is 5.99. The van der Waals surface area contributed by atoms with Gasteiger partial charge in [0.1, 0.15) is 6.61 Å². The van der Waals surface area contributed by atoms with Gasteiger partial charge in [0.2, 0.25) is 0 Å². The molecule has 3 atom stereocenters. The maximum absolute atomic E-state index is 6.00. The minimum absolute atomic E-state index is 0.0904. The van der Waals surface area contributed by atoms with E-state index in [-0.39, 0.29) is 6.10 Å². The second-order valence-corrected chi connectivity index (χ2v) is 7.53. The van der Waals surface area contributed by atoms with E-state index in [0.717, 1.165) is 29.9 Å². The quantitative estimate of drug-likeness (QED) is 0.847. The molecule has 0 saturated carbocycles. The molecule has 0 N–H and O–H groups in total. The third kappa shape index (κ3) is 2.85. The van der Waals surface area contributed by atoms with Gasteiger partial charge in [-0.2, -0.15) is 0 Å². The summed E-state index contributed by atoms with van der Waals surface area (Å²) in [5.41, 5.74) is 2.52. The van der Waals surface area contributed by atoms with Gasteiger partial charge < -0.3 is 9.47 Å². The van der Waals surface area contributed by atoms with Crippen LogP contribution in [0, 0.1) is 0 Å². The lowest BCUT2D eigenvalue weighted by Gasteiger charge is -2.33. The summed E-state index contributed by atoms with van der Waals surface area (Å²) in [6, 6.07) is 14.1. The second-order valence-electron chi connectivity index (χ2n) is 7.53. The highest BCUT2D eigenvalue weighted by Crippen LogP contribution is 2.34. The molecule has 3 unspecified atom stereocenters. The number of benzene rings is 1. The number of rotatable bonds is 4. The Kier molecular flexibility index (Phi) is 4.06. The first-order chi connectivity index (χ1) is 12.8. The van der Waals surface area contributed by atoms with Gasteiger partial charge in [0, 0.05) is 37.9 Å².